The highest BCUT2D eigenvalue weighted by molar-refractivity contribution is 4.99. The smallest absolute Gasteiger partial charge is 0.0496 e. The lowest BCUT2D eigenvalue weighted by Crippen LogP contribution is -1.82. The van der Waals surface area contributed by atoms with Gasteiger partial charge in [-0.25, -0.2) is 0 Å². The maximum atomic E-state index is 4.71. The molecule has 1 rings (SSSR count). The van der Waals surface area contributed by atoms with Crippen LogP contribution >= 0.6 is 0 Å². The standard InChI is InChI=1S/C6H6.C5H10O/c1-2-4-6-5-3-1;1-3-4-5-6-2/h1-6H;3H,1,4-5H2,2H3. The van der Waals surface area contributed by atoms with Gasteiger partial charge in [-0.1, -0.05) is 42.5 Å². The largest absolute Gasteiger partial charge is 0.384 e. The molecule has 0 atom stereocenters. The summed E-state index contributed by atoms with van der Waals surface area (Å²) in [5.74, 6) is 0. The Kier molecular flexibility index (Phi) is 9.03. The summed E-state index contributed by atoms with van der Waals surface area (Å²) in [7, 11) is 1.68. The van der Waals surface area contributed by atoms with Gasteiger partial charge in [0.05, 0.1) is 0 Å². The van der Waals surface area contributed by atoms with Gasteiger partial charge in [-0.2, -0.15) is 0 Å². The van der Waals surface area contributed by atoms with Crippen molar-refractivity contribution in [1.82, 2.24) is 0 Å². The Bertz CT molecular complexity index is 143. The lowest BCUT2D eigenvalue weighted by atomic mass is 10.4. The molecular weight excluding hydrogens is 148 g/mol. The van der Waals surface area contributed by atoms with Gasteiger partial charge in [-0.15, -0.1) is 6.58 Å². The van der Waals surface area contributed by atoms with Crippen molar-refractivity contribution in [1.29, 1.82) is 0 Å². The minimum atomic E-state index is 0.795. The third kappa shape index (κ3) is 8.92. The second-order valence-corrected chi connectivity index (χ2v) is 2.22. The van der Waals surface area contributed by atoms with Crippen LogP contribution < -0.4 is 0 Å². The zero-order chi connectivity index (χ0) is 9.07. The van der Waals surface area contributed by atoms with E-state index in [4.69, 9.17) is 4.74 Å². The van der Waals surface area contributed by atoms with Crippen LogP contribution in [0.3, 0.4) is 0 Å². The topological polar surface area (TPSA) is 9.23 Å². The van der Waals surface area contributed by atoms with E-state index in [1.54, 1.807) is 7.11 Å². The molecule has 0 bridgehead atoms. The molecule has 1 aromatic carbocycles. The van der Waals surface area contributed by atoms with E-state index in [0.717, 1.165) is 13.0 Å². The fourth-order valence-corrected chi connectivity index (χ4v) is 0.586. The monoisotopic (exact) mass is 164 g/mol. The molecule has 12 heavy (non-hydrogen) atoms. The van der Waals surface area contributed by atoms with E-state index in [1.165, 1.54) is 0 Å². The Morgan fingerprint density at radius 2 is 1.50 bits per heavy atom. The molecule has 0 heterocycles. The Balaban J connectivity index is 0.000000202. The quantitative estimate of drug-likeness (QED) is 0.493. The van der Waals surface area contributed by atoms with Crippen molar-refractivity contribution in [3.63, 3.8) is 0 Å². The fourth-order valence-electron chi connectivity index (χ4n) is 0.586. The van der Waals surface area contributed by atoms with Crippen molar-refractivity contribution < 1.29 is 4.74 Å². The highest BCUT2D eigenvalue weighted by atomic mass is 16.5. The highest BCUT2D eigenvalue weighted by Gasteiger charge is 1.69. The minimum Gasteiger partial charge on any atom is -0.384 e. The third-order valence-corrected chi connectivity index (χ3v) is 1.19. The Morgan fingerprint density at radius 1 is 1.08 bits per heavy atom. The predicted octanol–water partition coefficient (Wildman–Crippen LogP) is 2.90. The fraction of sp³-hybridized carbons (Fsp3) is 0.273. The third-order valence-electron chi connectivity index (χ3n) is 1.19. The first-order valence-electron chi connectivity index (χ1n) is 4.01. The van der Waals surface area contributed by atoms with Gasteiger partial charge >= 0.3 is 0 Å². The molecule has 0 saturated carbocycles. The molecule has 1 heteroatoms. The summed E-state index contributed by atoms with van der Waals surface area (Å²) in [6, 6.07) is 12.0. The number of rotatable bonds is 3. The van der Waals surface area contributed by atoms with Crippen LogP contribution in [0, 0.1) is 0 Å². The molecule has 66 valence electrons. The Hall–Kier alpha value is -1.08. The zero-order valence-corrected chi connectivity index (χ0v) is 7.57. The van der Waals surface area contributed by atoms with Crippen LogP contribution in [0.2, 0.25) is 0 Å². The van der Waals surface area contributed by atoms with Crippen LogP contribution in [0.25, 0.3) is 0 Å². The summed E-state index contributed by atoms with van der Waals surface area (Å²) >= 11 is 0. The Morgan fingerprint density at radius 3 is 1.67 bits per heavy atom. The highest BCUT2D eigenvalue weighted by Crippen LogP contribution is 1.79. The van der Waals surface area contributed by atoms with E-state index in [9.17, 15) is 0 Å². The average molecular weight is 164 g/mol. The first kappa shape index (κ1) is 10.9. The van der Waals surface area contributed by atoms with E-state index in [2.05, 4.69) is 6.58 Å². The number of hydrogen-bond donors (Lipinski definition) is 0. The molecular formula is C11H16O. The van der Waals surface area contributed by atoms with Crippen LogP contribution in [0.15, 0.2) is 49.1 Å². The van der Waals surface area contributed by atoms with E-state index in [-0.39, 0.29) is 0 Å². The van der Waals surface area contributed by atoms with E-state index < -0.39 is 0 Å². The van der Waals surface area contributed by atoms with Crippen molar-refractivity contribution in [2.24, 2.45) is 0 Å². The normalized spacial score (nSPS) is 8.08. The summed E-state index contributed by atoms with van der Waals surface area (Å²) in [5, 5.41) is 0. The first-order chi connectivity index (χ1) is 5.91. The minimum absolute atomic E-state index is 0.795. The van der Waals surface area contributed by atoms with Gasteiger partial charge in [0, 0.05) is 13.7 Å². The molecule has 0 radical (unpaired) electrons. The first-order valence-corrected chi connectivity index (χ1v) is 4.01. The van der Waals surface area contributed by atoms with Crippen molar-refractivity contribution in [3.8, 4) is 0 Å². The van der Waals surface area contributed by atoms with E-state index >= 15 is 0 Å². The molecule has 0 aromatic heterocycles. The molecule has 0 unspecified atom stereocenters. The average Bonchev–Trinajstić information content (AvgIpc) is 2.18. The SMILES string of the molecule is C=CCCOC.c1ccccc1. The van der Waals surface area contributed by atoms with Crippen LogP contribution in [-0.4, -0.2) is 13.7 Å². The number of benzene rings is 1. The summed E-state index contributed by atoms with van der Waals surface area (Å²) in [6.45, 7) is 4.31. The summed E-state index contributed by atoms with van der Waals surface area (Å²) in [5.41, 5.74) is 0. The predicted molar refractivity (Wildman–Crippen MR) is 53.1 cm³/mol. The maximum absolute atomic E-state index is 4.71. The van der Waals surface area contributed by atoms with Crippen LogP contribution in [-0.2, 0) is 4.74 Å². The number of methoxy groups -OCH3 is 1. The van der Waals surface area contributed by atoms with Crippen molar-refractivity contribution in [2.45, 2.75) is 6.42 Å². The molecule has 0 fully saturated rings. The second kappa shape index (κ2) is 9.92. The van der Waals surface area contributed by atoms with Crippen LogP contribution in [0.5, 0.6) is 0 Å². The maximum Gasteiger partial charge on any atom is 0.0496 e. The Labute approximate surface area is 74.7 Å². The molecule has 1 aromatic rings. The van der Waals surface area contributed by atoms with Gasteiger partial charge in [0.15, 0.2) is 0 Å². The number of hydrogen-bond acceptors (Lipinski definition) is 1. The van der Waals surface area contributed by atoms with Gasteiger partial charge in [0.1, 0.15) is 0 Å². The van der Waals surface area contributed by atoms with Crippen molar-refractivity contribution in [3.05, 3.63) is 49.1 Å². The van der Waals surface area contributed by atoms with Gasteiger partial charge < -0.3 is 4.74 Å². The second-order valence-electron chi connectivity index (χ2n) is 2.22. The van der Waals surface area contributed by atoms with Gasteiger partial charge in [-0.3, -0.25) is 0 Å². The summed E-state index contributed by atoms with van der Waals surface area (Å²) in [6.07, 6.45) is 2.79. The van der Waals surface area contributed by atoms with E-state index in [1.807, 2.05) is 42.5 Å². The summed E-state index contributed by atoms with van der Waals surface area (Å²) < 4.78 is 4.71. The molecule has 0 N–H and O–H groups in total. The summed E-state index contributed by atoms with van der Waals surface area (Å²) in [4.78, 5) is 0. The van der Waals surface area contributed by atoms with Crippen molar-refractivity contribution in [2.75, 3.05) is 13.7 Å². The zero-order valence-electron chi connectivity index (χ0n) is 7.57. The van der Waals surface area contributed by atoms with Gasteiger partial charge in [0.25, 0.3) is 0 Å². The lowest BCUT2D eigenvalue weighted by Gasteiger charge is -1.86. The van der Waals surface area contributed by atoms with Gasteiger partial charge in [-0.05, 0) is 6.42 Å². The molecule has 0 aliphatic heterocycles. The molecule has 1 nitrogen and oxygen atoms in total. The molecule has 0 spiro atoms. The van der Waals surface area contributed by atoms with Crippen LogP contribution in [0.4, 0.5) is 0 Å². The number of ether oxygens (including phenoxy) is 1. The molecule has 0 aliphatic rings. The molecule has 0 aliphatic carbocycles. The lowest BCUT2D eigenvalue weighted by molar-refractivity contribution is 0.204. The van der Waals surface area contributed by atoms with Crippen molar-refractivity contribution >= 4 is 0 Å². The van der Waals surface area contributed by atoms with Gasteiger partial charge in [0.2, 0.25) is 0 Å². The molecule has 0 amide bonds. The van der Waals surface area contributed by atoms with Crippen LogP contribution in [0.1, 0.15) is 6.42 Å². The van der Waals surface area contributed by atoms with E-state index in [0.29, 0.717) is 0 Å². The molecule has 0 saturated heterocycles.